The first-order valence-corrected chi connectivity index (χ1v) is 14.4. The SMILES string of the molecule is CSCCC(NC(=O)C1CCN(S(=O)(=O)c2ccccc2)CC1)C(=O)N1CCCCCC1. The van der Waals surface area contributed by atoms with Crippen LogP contribution < -0.4 is 5.32 Å². The molecule has 0 aromatic heterocycles. The summed E-state index contributed by atoms with van der Waals surface area (Å²) in [6.45, 7) is 2.15. The van der Waals surface area contributed by atoms with E-state index in [-0.39, 0.29) is 22.6 Å². The largest absolute Gasteiger partial charge is 0.344 e. The summed E-state index contributed by atoms with van der Waals surface area (Å²) < 4.78 is 27.1. The van der Waals surface area contributed by atoms with E-state index < -0.39 is 16.1 Å². The number of carbonyl (C=O) groups is 2. The van der Waals surface area contributed by atoms with Crippen LogP contribution in [0.4, 0.5) is 0 Å². The lowest BCUT2D eigenvalue weighted by atomic mass is 9.96. The molecule has 2 fully saturated rings. The third kappa shape index (κ3) is 6.48. The maximum atomic E-state index is 13.1. The van der Waals surface area contributed by atoms with Gasteiger partial charge < -0.3 is 10.2 Å². The van der Waals surface area contributed by atoms with E-state index in [2.05, 4.69) is 5.32 Å². The van der Waals surface area contributed by atoms with Crippen LogP contribution in [0.1, 0.15) is 44.9 Å². The van der Waals surface area contributed by atoms with Gasteiger partial charge in [-0.2, -0.15) is 16.1 Å². The Hall–Kier alpha value is -1.58. The monoisotopic (exact) mass is 481 g/mol. The van der Waals surface area contributed by atoms with Crippen molar-refractivity contribution < 1.29 is 18.0 Å². The van der Waals surface area contributed by atoms with Crippen molar-refractivity contribution in [3.8, 4) is 0 Å². The Kier molecular flexibility index (Phi) is 9.43. The number of nitrogens with one attached hydrogen (secondary N) is 1. The van der Waals surface area contributed by atoms with Crippen LogP contribution in [0.25, 0.3) is 0 Å². The highest BCUT2D eigenvalue weighted by Crippen LogP contribution is 2.24. The van der Waals surface area contributed by atoms with Crippen molar-refractivity contribution in [3.63, 3.8) is 0 Å². The van der Waals surface area contributed by atoms with Gasteiger partial charge in [-0.25, -0.2) is 8.42 Å². The van der Waals surface area contributed by atoms with Crippen molar-refractivity contribution in [3.05, 3.63) is 30.3 Å². The standard InChI is InChI=1S/C23H35N3O4S2/c1-31-18-13-21(23(28)25-14-7-2-3-8-15-25)24-22(27)19-11-16-26(17-12-19)32(29,30)20-9-5-4-6-10-20/h4-6,9-10,19,21H,2-3,7-8,11-18H2,1H3,(H,24,27). The first-order chi connectivity index (χ1) is 15.4. The fourth-order valence-corrected chi connectivity index (χ4v) is 6.36. The molecule has 0 radical (unpaired) electrons. The molecule has 1 N–H and O–H groups in total. The first kappa shape index (κ1) is 25.1. The molecule has 2 saturated heterocycles. The molecule has 7 nitrogen and oxygen atoms in total. The van der Waals surface area contributed by atoms with Gasteiger partial charge in [-0.1, -0.05) is 31.0 Å². The second-order valence-electron chi connectivity index (χ2n) is 8.57. The number of amides is 2. The molecule has 0 spiro atoms. The van der Waals surface area contributed by atoms with Crippen LogP contribution in [-0.2, 0) is 19.6 Å². The lowest BCUT2D eigenvalue weighted by Crippen LogP contribution is -2.51. The zero-order chi connectivity index (χ0) is 23.0. The maximum absolute atomic E-state index is 13.1. The van der Waals surface area contributed by atoms with Crippen molar-refractivity contribution in [1.82, 2.24) is 14.5 Å². The number of piperidine rings is 1. The van der Waals surface area contributed by atoms with Crippen molar-refractivity contribution >= 4 is 33.6 Å². The third-order valence-electron chi connectivity index (χ3n) is 6.35. The normalized spacial score (nSPS) is 19.8. The van der Waals surface area contributed by atoms with E-state index in [1.54, 1.807) is 42.1 Å². The topological polar surface area (TPSA) is 86.8 Å². The molecule has 1 atom stereocenters. The van der Waals surface area contributed by atoms with Crippen LogP contribution >= 0.6 is 11.8 Å². The minimum absolute atomic E-state index is 0.0263. The van der Waals surface area contributed by atoms with E-state index >= 15 is 0 Å². The molecular formula is C23H35N3O4S2. The third-order valence-corrected chi connectivity index (χ3v) is 8.91. The molecule has 32 heavy (non-hydrogen) atoms. The average molecular weight is 482 g/mol. The van der Waals surface area contributed by atoms with Crippen molar-refractivity contribution in [2.75, 3.05) is 38.2 Å². The van der Waals surface area contributed by atoms with Gasteiger partial charge in [0.05, 0.1) is 4.90 Å². The zero-order valence-electron chi connectivity index (χ0n) is 18.9. The van der Waals surface area contributed by atoms with Gasteiger partial charge in [0.15, 0.2) is 0 Å². The van der Waals surface area contributed by atoms with E-state index in [0.717, 1.165) is 44.5 Å². The average Bonchev–Trinajstić information content (AvgIpc) is 3.11. The van der Waals surface area contributed by atoms with Crippen LogP contribution in [0.3, 0.4) is 0 Å². The number of carbonyl (C=O) groups excluding carboxylic acids is 2. The second-order valence-corrected chi connectivity index (χ2v) is 11.5. The summed E-state index contributed by atoms with van der Waals surface area (Å²) >= 11 is 1.67. The molecular weight excluding hydrogens is 446 g/mol. The highest BCUT2D eigenvalue weighted by molar-refractivity contribution is 7.98. The van der Waals surface area contributed by atoms with Gasteiger partial charge in [0.25, 0.3) is 0 Å². The smallest absolute Gasteiger partial charge is 0.245 e. The van der Waals surface area contributed by atoms with Crippen LogP contribution in [0.2, 0.25) is 0 Å². The summed E-state index contributed by atoms with van der Waals surface area (Å²) in [5.41, 5.74) is 0. The van der Waals surface area contributed by atoms with Crippen molar-refractivity contribution in [2.24, 2.45) is 5.92 Å². The number of hydrogen-bond donors (Lipinski definition) is 1. The van der Waals surface area contributed by atoms with Gasteiger partial charge in [0.2, 0.25) is 21.8 Å². The molecule has 1 aromatic rings. The van der Waals surface area contributed by atoms with Gasteiger partial charge in [0.1, 0.15) is 6.04 Å². The van der Waals surface area contributed by atoms with Crippen LogP contribution in [0.5, 0.6) is 0 Å². The van der Waals surface area contributed by atoms with E-state index in [9.17, 15) is 18.0 Å². The molecule has 2 aliphatic rings. The Morgan fingerprint density at radius 2 is 1.66 bits per heavy atom. The Morgan fingerprint density at radius 3 is 2.25 bits per heavy atom. The number of likely N-dealkylation sites (tertiary alicyclic amines) is 1. The number of hydrogen-bond acceptors (Lipinski definition) is 5. The predicted molar refractivity (Wildman–Crippen MR) is 128 cm³/mol. The first-order valence-electron chi connectivity index (χ1n) is 11.6. The molecule has 1 aromatic carbocycles. The molecule has 9 heteroatoms. The van der Waals surface area contributed by atoms with E-state index in [0.29, 0.717) is 32.4 Å². The Balaban J connectivity index is 1.58. The van der Waals surface area contributed by atoms with E-state index in [1.165, 1.54) is 4.31 Å². The molecule has 2 amide bonds. The summed E-state index contributed by atoms with van der Waals surface area (Å²) in [6, 6.07) is 7.90. The molecule has 2 heterocycles. The molecule has 0 bridgehead atoms. The summed E-state index contributed by atoms with van der Waals surface area (Å²) in [5, 5.41) is 3.01. The minimum Gasteiger partial charge on any atom is -0.344 e. The molecule has 0 aliphatic carbocycles. The predicted octanol–water partition coefficient (Wildman–Crippen LogP) is 2.73. The Morgan fingerprint density at radius 1 is 1.03 bits per heavy atom. The lowest BCUT2D eigenvalue weighted by Gasteiger charge is -2.32. The van der Waals surface area contributed by atoms with Gasteiger partial charge >= 0.3 is 0 Å². The fourth-order valence-electron chi connectivity index (χ4n) is 4.39. The number of benzene rings is 1. The van der Waals surface area contributed by atoms with E-state index in [4.69, 9.17) is 0 Å². The summed E-state index contributed by atoms with van der Waals surface area (Å²) in [6.07, 6.45) is 7.87. The van der Waals surface area contributed by atoms with Crippen molar-refractivity contribution in [1.29, 1.82) is 0 Å². The number of sulfonamides is 1. The highest BCUT2D eigenvalue weighted by Gasteiger charge is 2.34. The van der Waals surface area contributed by atoms with Crippen LogP contribution in [0.15, 0.2) is 35.2 Å². The van der Waals surface area contributed by atoms with Gasteiger partial charge in [-0.3, -0.25) is 9.59 Å². The van der Waals surface area contributed by atoms with Crippen molar-refractivity contribution in [2.45, 2.75) is 55.9 Å². The van der Waals surface area contributed by atoms with Gasteiger partial charge in [-0.15, -0.1) is 0 Å². The summed E-state index contributed by atoms with van der Waals surface area (Å²) in [5.74, 6) is 0.429. The Labute approximate surface area is 196 Å². The number of rotatable bonds is 8. The number of nitrogens with zero attached hydrogens (tertiary/aromatic N) is 2. The molecule has 1 unspecified atom stereocenters. The second kappa shape index (κ2) is 12.0. The van der Waals surface area contributed by atoms with Crippen LogP contribution in [0, 0.1) is 5.92 Å². The highest BCUT2D eigenvalue weighted by atomic mass is 32.2. The van der Waals surface area contributed by atoms with Gasteiger partial charge in [0, 0.05) is 32.1 Å². The molecule has 0 saturated carbocycles. The maximum Gasteiger partial charge on any atom is 0.245 e. The molecule has 3 rings (SSSR count). The lowest BCUT2D eigenvalue weighted by molar-refractivity contribution is -0.137. The van der Waals surface area contributed by atoms with Gasteiger partial charge in [-0.05, 0) is 56.2 Å². The number of thioether (sulfide) groups is 1. The fraction of sp³-hybridized carbons (Fsp3) is 0.652. The van der Waals surface area contributed by atoms with E-state index in [1.807, 2.05) is 11.2 Å². The Bertz CT molecular complexity index is 847. The summed E-state index contributed by atoms with van der Waals surface area (Å²) in [4.78, 5) is 28.3. The minimum atomic E-state index is -3.54. The summed E-state index contributed by atoms with van der Waals surface area (Å²) in [7, 11) is -3.54. The van der Waals surface area contributed by atoms with Crippen LogP contribution in [-0.4, -0.2) is 73.7 Å². The molecule has 178 valence electrons. The quantitative estimate of drug-likeness (QED) is 0.617. The zero-order valence-corrected chi connectivity index (χ0v) is 20.5. The molecule has 2 aliphatic heterocycles.